The molecule has 1 rings (SSSR count). The van der Waals surface area contributed by atoms with Crippen LogP contribution in [0.4, 0.5) is 4.39 Å². The standard InChI is InChI=1S/C4H7FO6S2/c1-12(6,7)10-3-2-13(8,9)11-4(3)5/h3-4H,2H2,1H3. The molecule has 0 saturated carbocycles. The van der Waals surface area contributed by atoms with Crippen LogP contribution in [0.15, 0.2) is 0 Å². The highest BCUT2D eigenvalue weighted by Crippen LogP contribution is 2.21. The Hall–Kier alpha value is -0.250. The fourth-order valence-corrected chi connectivity index (χ4v) is 2.61. The van der Waals surface area contributed by atoms with Crippen molar-refractivity contribution in [2.24, 2.45) is 0 Å². The topological polar surface area (TPSA) is 86.7 Å². The Morgan fingerprint density at radius 1 is 1.54 bits per heavy atom. The van der Waals surface area contributed by atoms with E-state index in [9.17, 15) is 21.2 Å². The minimum atomic E-state index is -3.98. The summed E-state index contributed by atoms with van der Waals surface area (Å²) in [7, 11) is -7.86. The first-order chi connectivity index (χ1) is 5.70. The second kappa shape index (κ2) is 3.15. The SMILES string of the molecule is CS(=O)(=O)OC1CS(=O)(=O)OC1F. The molecule has 0 aromatic heterocycles. The highest BCUT2D eigenvalue weighted by molar-refractivity contribution is 7.87. The largest absolute Gasteiger partial charge is 0.272 e. The van der Waals surface area contributed by atoms with E-state index in [1.165, 1.54) is 0 Å². The van der Waals surface area contributed by atoms with Gasteiger partial charge in [-0.2, -0.15) is 16.8 Å². The fraction of sp³-hybridized carbons (Fsp3) is 1.00. The van der Waals surface area contributed by atoms with Crippen molar-refractivity contribution in [1.82, 2.24) is 0 Å². The Bertz CT molecular complexity index is 383. The van der Waals surface area contributed by atoms with Crippen LogP contribution in [-0.4, -0.2) is 41.3 Å². The summed E-state index contributed by atoms with van der Waals surface area (Å²) in [5, 5.41) is 0. The number of hydrogen-bond acceptors (Lipinski definition) is 6. The molecule has 2 unspecified atom stereocenters. The van der Waals surface area contributed by atoms with Gasteiger partial charge in [0, 0.05) is 0 Å². The van der Waals surface area contributed by atoms with Gasteiger partial charge in [-0.05, 0) is 0 Å². The molecule has 0 aromatic carbocycles. The number of hydrogen-bond donors (Lipinski definition) is 0. The first-order valence-corrected chi connectivity index (χ1v) is 6.52. The number of alkyl halides is 1. The molecule has 1 fully saturated rings. The van der Waals surface area contributed by atoms with Crippen LogP contribution < -0.4 is 0 Å². The van der Waals surface area contributed by atoms with Gasteiger partial charge >= 0.3 is 0 Å². The van der Waals surface area contributed by atoms with E-state index in [-0.39, 0.29) is 0 Å². The summed E-state index contributed by atoms with van der Waals surface area (Å²) >= 11 is 0. The summed E-state index contributed by atoms with van der Waals surface area (Å²) in [5.74, 6) is -0.790. The smallest absolute Gasteiger partial charge is 0.260 e. The van der Waals surface area contributed by atoms with Gasteiger partial charge in [0.2, 0.25) is 6.36 Å². The van der Waals surface area contributed by atoms with E-state index >= 15 is 0 Å². The van der Waals surface area contributed by atoms with Gasteiger partial charge in [-0.15, -0.1) is 0 Å². The lowest BCUT2D eigenvalue weighted by molar-refractivity contribution is 0.00835. The van der Waals surface area contributed by atoms with E-state index in [1.807, 2.05) is 0 Å². The molecule has 1 aliphatic heterocycles. The van der Waals surface area contributed by atoms with Crippen molar-refractivity contribution in [3.63, 3.8) is 0 Å². The minimum absolute atomic E-state index is 0.699. The van der Waals surface area contributed by atoms with Crippen LogP contribution in [0.2, 0.25) is 0 Å². The molecular formula is C4H7FO6S2. The summed E-state index contributed by atoms with van der Waals surface area (Å²) in [4.78, 5) is 0. The summed E-state index contributed by atoms with van der Waals surface area (Å²) in [6.07, 6.45) is -3.15. The monoisotopic (exact) mass is 234 g/mol. The first-order valence-electron chi connectivity index (χ1n) is 3.13. The van der Waals surface area contributed by atoms with Crippen LogP contribution >= 0.6 is 0 Å². The van der Waals surface area contributed by atoms with Gasteiger partial charge in [0.15, 0.2) is 6.10 Å². The van der Waals surface area contributed by atoms with E-state index in [4.69, 9.17) is 0 Å². The van der Waals surface area contributed by atoms with E-state index < -0.39 is 38.5 Å². The Morgan fingerprint density at radius 2 is 2.08 bits per heavy atom. The van der Waals surface area contributed by atoms with E-state index in [2.05, 4.69) is 8.37 Å². The van der Waals surface area contributed by atoms with Crippen molar-refractivity contribution in [3.05, 3.63) is 0 Å². The average molecular weight is 234 g/mol. The lowest BCUT2D eigenvalue weighted by atomic mass is 10.4. The molecule has 2 atom stereocenters. The zero-order valence-corrected chi connectivity index (χ0v) is 8.14. The summed E-state index contributed by atoms with van der Waals surface area (Å²) in [6, 6.07) is 0. The van der Waals surface area contributed by atoms with Gasteiger partial charge in [0.25, 0.3) is 20.2 Å². The maximum absolute atomic E-state index is 12.6. The Morgan fingerprint density at radius 3 is 2.38 bits per heavy atom. The molecule has 0 amide bonds. The zero-order chi connectivity index (χ0) is 10.3. The summed E-state index contributed by atoms with van der Waals surface area (Å²) in [5.41, 5.74) is 0. The van der Waals surface area contributed by atoms with Gasteiger partial charge in [-0.3, -0.25) is 4.18 Å². The second-order valence-corrected chi connectivity index (χ2v) is 5.75. The molecule has 0 radical (unpaired) electrons. The van der Waals surface area contributed by atoms with Crippen LogP contribution in [0.25, 0.3) is 0 Å². The van der Waals surface area contributed by atoms with Gasteiger partial charge in [-0.25, -0.2) is 8.57 Å². The molecule has 0 bridgehead atoms. The van der Waals surface area contributed by atoms with Crippen molar-refractivity contribution in [1.29, 1.82) is 0 Å². The van der Waals surface area contributed by atoms with Crippen molar-refractivity contribution in [2.45, 2.75) is 12.5 Å². The minimum Gasteiger partial charge on any atom is -0.260 e. The zero-order valence-electron chi connectivity index (χ0n) is 6.51. The second-order valence-electron chi connectivity index (χ2n) is 2.51. The quantitative estimate of drug-likeness (QED) is 0.569. The van der Waals surface area contributed by atoms with Crippen LogP contribution in [-0.2, 0) is 28.6 Å². The molecule has 0 spiro atoms. The van der Waals surface area contributed by atoms with E-state index in [0.717, 1.165) is 0 Å². The summed E-state index contributed by atoms with van der Waals surface area (Å²) in [6.45, 7) is 0. The third-order valence-electron chi connectivity index (χ3n) is 1.20. The number of rotatable bonds is 2. The highest BCUT2D eigenvalue weighted by Gasteiger charge is 2.42. The van der Waals surface area contributed by atoms with Crippen molar-refractivity contribution in [3.8, 4) is 0 Å². The molecule has 0 aliphatic carbocycles. The first kappa shape index (κ1) is 10.8. The van der Waals surface area contributed by atoms with Gasteiger partial charge < -0.3 is 0 Å². The van der Waals surface area contributed by atoms with Gasteiger partial charge in [0.05, 0.1) is 6.26 Å². The Balaban J connectivity index is 2.76. The Kier molecular flexibility index (Phi) is 2.63. The molecule has 1 aliphatic rings. The molecule has 0 aromatic rings. The van der Waals surface area contributed by atoms with Crippen molar-refractivity contribution in [2.75, 3.05) is 12.0 Å². The highest BCUT2D eigenvalue weighted by atomic mass is 32.2. The van der Waals surface area contributed by atoms with Gasteiger partial charge in [-0.1, -0.05) is 0 Å². The lowest BCUT2D eigenvalue weighted by Crippen LogP contribution is -2.25. The normalized spacial score (nSPS) is 33.4. The summed E-state index contributed by atoms with van der Waals surface area (Å²) < 4.78 is 62.8. The molecular weight excluding hydrogens is 227 g/mol. The molecule has 13 heavy (non-hydrogen) atoms. The predicted octanol–water partition coefficient (Wildman–Crippen LogP) is -1.01. The lowest BCUT2D eigenvalue weighted by Gasteiger charge is -2.07. The molecule has 1 heterocycles. The van der Waals surface area contributed by atoms with Crippen molar-refractivity contribution < 1.29 is 29.6 Å². The maximum Gasteiger partial charge on any atom is 0.272 e. The predicted molar refractivity (Wildman–Crippen MR) is 39.5 cm³/mol. The van der Waals surface area contributed by atoms with E-state index in [0.29, 0.717) is 6.26 Å². The molecule has 9 heteroatoms. The molecule has 6 nitrogen and oxygen atoms in total. The maximum atomic E-state index is 12.6. The van der Waals surface area contributed by atoms with Crippen molar-refractivity contribution >= 4 is 20.2 Å². The molecule has 0 N–H and O–H groups in total. The molecule has 1 saturated heterocycles. The van der Waals surface area contributed by atoms with Crippen LogP contribution in [0.1, 0.15) is 0 Å². The average Bonchev–Trinajstić information content (AvgIpc) is 2.00. The molecule has 78 valence electrons. The van der Waals surface area contributed by atoms with Crippen LogP contribution in [0.5, 0.6) is 0 Å². The van der Waals surface area contributed by atoms with Gasteiger partial charge in [0.1, 0.15) is 5.75 Å². The third kappa shape index (κ3) is 3.18. The fourth-order valence-electron chi connectivity index (χ4n) is 0.814. The Labute approximate surface area is 74.9 Å². The van der Waals surface area contributed by atoms with E-state index in [1.54, 1.807) is 0 Å². The number of halogens is 1. The van der Waals surface area contributed by atoms with Crippen LogP contribution in [0, 0.1) is 0 Å². The third-order valence-corrected chi connectivity index (χ3v) is 3.01. The van der Waals surface area contributed by atoms with Crippen LogP contribution in [0.3, 0.4) is 0 Å².